The Kier molecular flexibility index (Phi) is 6.25. The summed E-state index contributed by atoms with van der Waals surface area (Å²) < 4.78 is 5.33. The van der Waals surface area contributed by atoms with E-state index in [2.05, 4.69) is 24.1 Å². The highest BCUT2D eigenvalue weighted by Crippen LogP contribution is 2.20. The second-order valence-corrected chi connectivity index (χ2v) is 6.55. The zero-order valence-corrected chi connectivity index (χ0v) is 14.0. The van der Waals surface area contributed by atoms with Crippen LogP contribution in [0.2, 0.25) is 0 Å². The van der Waals surface area contributed by atoms with E-state index in [1.807, 2.05) is 24.3 Å². The van der Waals surface area contributed by atoms with E-state index in [1.165, 1.54) is 6.42 Å². The number of methoxy groups -OCH3 is 1. The number of nitrogens with zero attached hydrogens (tertiary/aromatic N) is 1. The molecule has 1 saturated heterocycles. The van der Waals surface area contributed by atoms with Gasteiger partial charge in [-0.15, -0.1) is 0 Å². The minimum Gasteiger partial charge on any atom is -0.496 e. The third-order valence-electron chi connectivity index (χ3n) is 4.22. The predicted molar refractivity (Wildman–Crippen MR) is 89.1 cm³/mol. The van der Waals surface area contributed by atoms with Crippen LogP contribution in [0.4, 0.5) is 0 Å². The molecule has 4 heteroatoms. The van der Waals surface area contributed by atoms with E-state index in [0.717, 1.165) is 30.8 Å². The molecule has 1 aliphatic rings. The minimum atomic E-state index is 0.121. The lowest BCUT2D eigenvalue weighted by molar-refractivity contribution is -0.122. The lowest BCUT2D eigenvalue weighted by Crippen LogP contribution is -2.44. The van der Waals surface area contributed by atoms with Crippen molar-refractivity contribution in [3.63, 3.8) is 0 Å². The number of para-hydroxylation sites is 1. The average molecular weight is 304 g/mol. The highest BCUT2D eigenvalue weighted by Gasteiger charge is 2.23. The Labute approximate surface area is 133 Å². The molecule has 4 nitrogen and oxygen atoms in total. The third kappa shape index (κ3) is 5.02. The Bertz CT molecular complexity index is 480. The number of carbonyl (C=O) groups is 1. The molecular formula is C18H28N2O2. The molecule has 1 heterocycles. The summed E-state index contributed by atoms with van der Waals surface area (Å²) in [5, 5.41) is 3.02. The fraction of sp³-hybridized carbons (Fsp3) is 0.611. The van der Waals surface area contributed by atoms with Crippen molar-refractivity contribution < 1.29 is 9.53 Å². The topological polar surface area (TPSA) is 41.6 Å². The van der Waals surface area contributed by atoms with Crippen molar-refractivity contribution >= 4 is 5.91 Å². The fourth-order valence-corrected chi connectivity index (χ4v) is 3.43. The molecule has 0 saturated carbocycles. The van der Waals surface area contributed by atoms with Crippen molar-refractivity contribution in [2.75, 3.05) is 33.3 Å². The molecule has 2 atom stereocenters. The predicted octanol–water partition coefficient (Wildman–Crippen LogP) is 2.33. The molecule has 0 spiro atoms. The summed E-state index contributed by atoms with van der Waals surface area (Å²) in [4.78, 5) is 14.4. The highest BCUT2D eigenvalue weighted by molar-refractivity contribution is 5.78. The molecule has 0 aromatic heterocycles. The second-order valence-electron chi connectivity index (χ2n) is 6.55. The molecule has 1 N–H and O–H groups in total. The van der Waals surface area contributed by atoms with Gasteiger partial charge in [-0.2, -0.15) is 0 Å². The second kappa shape index (κ2) is 8.18. The van der Waals surface area contributed by atoms with E-state index in [4.69, 9.17) is 4.74 Å². The maximum Gasteiger partial charge on any atom is 0.234 e. The number of rotatable bonds is 6. The van der Waals surface area contributed by atoms with Crippen LogP contribution in [0.15, 0.2) is 24.3 Å². The van der Waals surface area contributed by atoms with Crippen molar-refractivity contribution in [1.82, 2.24) is 10.2 Å². The van der Waals surface area contributed by atoms with Crippen LogP contribution in [0.5, 0.6) is 5.75 Å². The molecule has 1 amide bonds. The lowest BCUT2D eigenvalue weighted by Gasteiger charge is -2.34. The monoisotopic (exact) mass is 304 g/mol. The summed E-state index contributed by atoms with van der Waals surface area (Å²) in [6.45, 7) is 7.76. The summed E-state index contributed by atoms with van der Waals surface area (Å²) >= 11 is 0. The number of hydrogen-bond donors (Lipinski definition) is 1. The van der Waals surface area contributed by atoms with Crippen molar-refractivity contribution in [1.29, 1.82) is 0 Å². The number of piperidine rings is 1. The van der Waals surface area contributed by atoms with Crippen molar-refractivity contribution in [2.24, 2.45) is 11.8 Å². The molecule has 1 fully saturated rings. The van der Waals surface area contributed by atoms with E-state index in [1.54, 1.807) is 7.11 Å². The fourth-order valence-electron chi connectivity index (χ4n) is 3.43. The minimum absolute atomic E-state index is 0.121. The standard InChI is InChI=1S/C18H28N2O2/c1-14-10-15(2)12-20(11-14)13-18(21)19-9-8-16-6-4-5-7-17(16)22-3/h4-7,14-15H,8-13H2,1-3H3,(H,19,21). The van der Waals surface area contributed by atoms with Gasteiger partial charge in [-0.1, -0.05) is 32.0 Å². The Hall–Kier alpha value is -1.55. The van der Waals surface area contributed by atoms with E-state index < -0.39 is 0 Å². The van der Waals surface area contributed by atoms with Gasteiger partial charge in [-0.05, 0) is 36.3 Å². The van der Waals surface area contributed by atoms with E-state index in [9.17, 15) is 4.79 Å². The first kappa shape index (κ1) is 16.8. The first-order chi connectivity index (χ1) is 10.6. The quantitative estimate of drug-likeness (QED) is 0.877. The molecule has 1 aliphatic heterocycles. The van der Waals surface area contributed by atoms with Crippen LogP contribution in [0.3, 0.4) is 0 Å². The highest BCUT2D eigenvalue weighted by atomic mass is 16.5. The summed E-state index contributed by atoms with van der Waals surface area (Å²) in [5.41, 5.74) is 1.13. The molecule has 2 rings (SSSR count). The van der Waals surface area contributed by atoms with Crippen LogP contribution in [0.25, 0.3) is 0 Å². The molecule has 2 unspecified atom stereocenters. The Balaban J connectivity index is 1.74. The van der Waals surface area contributed by atoms with Crippen molar-refractivity contribution in [3.05, 3.63) is 29.8 Å². The largest absolute Gasteiger partial charge is 0.496 e. The van der Waals surface area contributed by atoms with Crippen LogP contribution < -0.4 is 10.1 Å². The van der Waals surface area contributed by atoms with Gasteiger partial charge in [-0.3, -0.25) is 9.69 Å². The van der Waals surface area contributed by atoms with Gasteiger partial charge in [0.1, 0.15) is 5.75 Å². The number of benzene rings is 1. The van der Waals surface area contributed by atoms with Gasteiger partial charge in [-0.25, -0.2) is 0 Å². The number of likely N-dealkylation sites (tertiary alicyclic amines) is 1. The van der Waals surface area contributed by atoms with Gasteiger partial charge in [0.15, 0.2) is 0 Å². The van der Waals surface area contributed by atoms with Gasteiger partial charge in [0, 0.05) is 19.6 Å². The average Bonchev–Trinajstić information content (AvgIpc) is 2.46. The molecule has 122 valence electrons. The molecule has 22 heavy (non-hydrogen) atoms. The Morgan fingerprint density at radius 3 is 2.64 bits per heavy atom. The van der Waals surface area contributed by atoms with Gasteiger partial charge >= 0.3 is 0 Å². The van der Waals surface area contributed by atoms with Crippen molar-refractivity contribution in [2.45, 2.75) is 26.7 Å². The van der Waals surface area contributed by atoms with Gasteiger partial charge in [0.2, 0.25) is 5.91 Å². The number of carbonyl (C=O) groups excluding carboxylic acids is 1. The molecular weight excluding hydrogens is 276 g/mol. The van der Waals surface area contributed by atoms with Gasteiger partial charge in [0.05, 0.1) is 13.7 Å². The summed E-state index contributed by atoms with van der Waals surface area (Å²) in [6, 6.07) is 7.95. The summed E-state index contributed by atoms with van der Waals surface area (Å²) in [5.74, 6) is 2.38. The zero-order chi connectivity index (χ0) is 15.9. The normalized spacial score (nSPS) is 22.3. The Morgan fingerprint density at radius 2 is 1.95 bits per heavy atom. The summed E-state index contributed by atoms with van der Waals surface area (Å²) in [7, 11) is 1.68. The SMILES string of the molecule is COc1ccccc1CCNC(=O)CN1CC(C)CC(C)C1. The molecule has 1 aromatic carbocycles. The maximum atomic E-state index is 12.1. The third-order valence-corrected chi connectivity index (χ3v) is 4.22. The number of ether oxygens (including phenoxy) is 1. The number of amides is 1. The lowest BCUT2D eigenvalue weighted by atomic mass is 9.92. The van der Waals surface area contributed by atoms with Crippen LogP contribution in [0.1, 0.15) is 25.8 Å². The molecule has 1 aromatic rings. The van der Waals surface area contributed by atoms with Crippen LogP contribution >= 0.6 is 0 Å². The first-order valence-electron chi connectivity index (χ1n) is 8.19. The Morgan fingerprint density at radius 1 is 1.27 bits per heavy atom. The number of nitrogens with one attached hydrogen (secondary N) is 1. The van der Waals surface area contributed by atoms with Crippen LogP contribution in [-0.2, 0) is 11.2 Å². The summed E-state index contributed by atoms with van der Waals surface area (Å²) in [6.07, 6.45) is 2.06. The van der Waals surface area contributed by atoms with Gasteiger partial charge < -0.3 is 10.1 Å². The van der Waals surface area contributed by atoms with E-state index >= 15 is 0 Å². The molecule has 0 aliphatic carbocycles. The van der Waals surface area contributed by atoms with Crippen LogP contribution in [-0.4, -0.2) is 44.1 Å². The molecule has 0 bridgehead atoms. The smallest absolute Gasteiger partial charge is 0.234 e. The van der Waals surface area contributed by atoms with E-state index in [-0.39, 0.29) is 5.91 Å². The van der Waals surface area contributed by atoms with Crippen LogP contribution in [0, 0.1) is 11.8 Å². The van der Waals surface area contributed by atoms with Crippen molar-refractivity contribution in [3.8, 4) is 5.75 Å². The zero-order valence-electron chi connectivity index (χ0n) is 14.0. The van der Waals surface area contributed by atoms with Gasteiger partial charge in [0.25, 0.3) is 0 Å². The van der Waals surface area contributed by atoms with E-state index in [0.29, 0.717) is 24.9 Å². The first-order valence-corrected chi connectivity index (χ1v) is 8.19. The maximum absolute atomic E-state index is 12.1. The molecule has 0 radical (unpaired) electrons. The number of hydrogen-bond acceptors (Lipinski definition) is 3.